The third kappa shape index (κ3) is 1.85. The number of nitro groups is 1. The highest BCUT2D eigenvalue weighted by molar-refractivity contribution is 4.95. The summed E-state index contributed by atoms with van der Waals surface area (Å²) in [6.45, 7) is 0. The molecule has 0 aromatic carbocycles. The minimum atomic E-state index is -4.46. The van der Waals surface area contributed by atoms with Crippen LogP contribution in [-0.4, -0.2) is 11.0 Å². The first-order chi connectivity index (χ1) is 4.00. The van der Waals surface area contributed by atoms with Crippen LogP contribution in [0.1, 0.15) is 0 Å². The van der Waals surface area contributed by atoms with Gasteiger partial charge in [-0.15, -0.1) is 8.78 Å². The number of hydrogen-bond donors (Lipinski definition) is 0. The van der Waals surface area contributed by atoms with Crippen LogP contribution in [0, 0.1) is 21.4 Å². The van der Waals surface area contributed by atoms with E-state index in [0.717, 1.165) is 0 Å². The summed E-state index contributed by atoms with van der Waals surface area (Å²) in [7, 11) is 0. The van der Waals surface area contributed by atoms with E-state index < -0.39 is 11.0 Å². The van der Waals surface area contributed by atoms with E-state index in [-0.39, 0.29) is 0 Å². The van der Waals surface area contributed by atoms with Gasteiger partial charge in [-0.05, 0) is 0 Å². The molecule has 0 saturated heterocycles. The van der Waals surface area contributed by atoms with Gasteiger partial charge >= 0.3 is 12.1 Å². The van der Waals surface area contributed by atoms with Gasteiger partial charge in [0.1, 0.15) is 4.92 Å². The number of alkyl halides is 2. The average molecular weight is 138 g/mol. The van der Waals surface area contributed by atoms with E-state index in [0.29, 0.717) is 6.07 Å². The number of nitrogens with zero attached hydrogens (tertiary/aromatic N) is 2. The van der Waals surface area contributed by atoms with Crippen molar-refractivity contribution in [2.24, 2.45) is 0 Å². The normalized spacial score (nSPS) is 9.56. The van der Waals surface area contributed by atoms with Gasteiger partial charge in [-0.3, -0.25) is 10.1 Å². The summed E-state index contributed by atoms with van der Waals surface area (Å²) < 4.78 is 22.9. The molecular formula is C2F2N2O3. The Morgan fingerprint density at radius 3 is 2.22 bits per heavy atom. The zero-order chi connectivity index (χ0) is 7.49. The van der Waals surface area contributed by atoms with E-state index in [1.807, 2.05) is 0 Å². The first kappa shape index (κ1) is 7.55. The van der Waals surface area contributed by atoms with Crippen molar-refractivity contribution in [2.75, 3.05) is 0 Å². The van der Waals surface area contributed by atoms with Gasteiger partial charge in [0.15, 0.2) is 0 Å². The van der Waals surface area contributed by atoms with Crippen LogP contribution in [0.3, 0.4) is 0 Å². The molecule has 0 spiro atoms. The smallest absolute Gasteiger partial charge is 0.498 e. The van der Waals surface area contributed by atoms with E-state index in [4.69, 9.17) is 5.21 Å². The molecule has 0 aliphatic rings. The van der Waals surface area contributed by atoms with Crippen molar-refractivity contribution in [1.29, 1.82) is 0 Å². The average Bonchev–Trinajstić information content (AvgIpc) is 1.65. The van der Waals surface area contributed by atoms with Gasteiger partial charge in [0.05, 0.1) is 0 Å². The Morgan fingerprint density at radius 1 is 1.67 bits per heavy atom. The van der Waals surface area contributed by atoms with Crippen molar-refractivity contribution in [1.82, 2.24) is 0 Å². The van der Waals surface area contributed by atoms with Gasteiger partial charge in [0.25, 0.3) is 0 Å². The minimum Gasteiger partial charge on any atom is -0.498 e. The molecule has 0 aliphatic carbocycles. The molecule has 9 heavy (non-hydrogen) atoms. The van der Waals surface area contributed by atoms with E-state index in [2.05, 4.69) is 0 Å². The molecule has 50 valence electrons. The first-order valence-corrected chi connectivity index (χ1v) is 1.62. The predicted octanol–water partition coefficient (Wildman–Crippen LogP) is 0.687. The number of rotatable bonds is 1. The minimum absolute atomic E-state index is 0.458. The zero-order valence-corrected chi connectivity index (χ0v) is 3.88. The summed E-state index contributed by atoms with van der Waals surface area (Å²) in [6.07, 6.45) is 0. The summed E-state index contributed by atoms with van der Waals surface area (Å²) in [6, 6.07) is -4.00. The molecule has 0 fully saturated rings. The Labute approximate surface area is 47.4 Å². The Kier molecular flexibility index (Phi) is 1.86. The molecule has 0 rings (SSSR count). The summed E-state index contributed by atoms with van der Waals surface area (Å²) in [4.78, 5) is 7.24. The third-order valence-electron chi connectivity index (χ3n) is 0.409. The van der Waals surface area contributed by atoms with Crippen LogP contribution < -0.4 is 0 Å². The molecule has 0 N–H and O–H groups in total. The lowest BCUT2D eigenvalue weighted by Gasteiger charge is -1.89. The summed E-state index contributed by atoms with van der Waals surface area (Å²) >= 11 is 0. The second-order valence-corrected chi connectivity index (χ2v) is 1.00. The number of halogens is 2. The Balaban J connectivity index is 4.32. The molecule has 0 atom stereocenters. The fourth-order valence-electron chi connectivity index (χ4n) is 0.0957. The van der Waals surface area contributed by atoms with Gasteiger partial charge in [-0.25, -0.2) is 0 Å². The molecule has 0 aliphatic heterocycles. The molecule has 0 aromatic heterocycles. The SMILES string of the molecule is O=[N+]([O-])C(F)(F)C#[N+][O-]. The molecule has 0 amide bonds. The summed E-state index contributed by atoms with van der Waals surface area (Å²) in [5.41, 5.74) is 0. The van der Waals surface area contributed by atoms with Crippen molar-refractivity contribution in [3.05, 3.63) is 20.3 Å². The highest BCUT2D eigenvalue weighted by atomic mass is 19.3. The van der Waals surface area contributed by atoms with Gasteiger partial charge < -0.3 is 5.21 Å². The molecule has 0 unspecified atom stereocenters. The van der Waals surface area contributed by atoms with Gasteiger partial charge in [0, 0.05) is 5.01 Å². The first-order valence-electron chi connectivity index (χ1n) is 1.62. The van der Waals surface area contributed by atoms with Crippen LogP contribution in [-0.2, 0) is 0 Å². The molecule has 0 aromatic rings. The summed E-state index contributed by atoms with van der Waals surface area (Å²) in [5.74, 6) is 0. The van der Waals surface area contributed by atoms with Crippen LogP contribution in [0.2, 0.25) is 0 Å². The van der Waals surface area contributed by atoms with Crippen LogP contribution in [0.25, 0.3) is 5.01 Å². The topological polar surface area (TPSA) is 70.6 Å². The lowest BCUT2D eigenvalue weighted by molar-refractivity contribution is -0.622. The van der Waals surface area contributed by atoms with Gasteiger partial charge in [-0.2, -0.15) is 0 Å². The third-order valence-corrected chi connectivity index (χ3v) is 0.409. The largest absolute Gasteiger partial charge is 0.652 e. The molecule has 0 saturated carbocycles. The Morgan fingerprint density at radius 2 is 2.11 bits per heavy atom. The van der Waals surface area contributed by atoms with Gasteiger partial charge in [-0.1, -0.05) is 0 Å². The second-order valence-electron chi connectivity index (χ2n) is 1.00. The maximum absolute atomic E-state index is 11.4. The molecule has 7 heteroatoms. The van der Waals surface area contributed by atoms with Crippen molar-refractivity contribution in [3.8, 4) is 6.07 Å². The molecule has 5 nitrogen and oxygen atoms in total. The monoisotopic (exact) mass is 138 g/mol. The highest BCUT2D eigenvalue weighted by Gasteiger charge is 2.50. The van der Waals surface area contributed by atoms with Crippen molar-refractivity contribution < 1.29 is 13.7 Å². The van der Waals surface area contributed by atoms with Crippen LogP contribution in [0.4, 0.5) is 8.78 Å². The molecule has 0 radical (unpaired) electrons. The molecule has 0 bridgehead atoms. The van der Waals surface area contributed by atoms with Crippen molar-refractivity contribution in [2.45, 2.75) is 6.05 Å². The fourth-order valence-corrected chi connectivity index (χ4v) is 0.0957. The van der Waals surface area contributed by atoms with E-state index in [9.17, 15) is 18.9 Å². The van der Waals surface area contributed by atoms with Crippen molar-refractivity contribution in [3.63, 3.8) is 0 Å². The zero-order valence-electron chi connectivity index (χ0n) is 3.88. The van der Waals surface area contributed by atoms with E-state index in [1.165, 1.54) is 5.01 Å². The van der Waals surface area contributed by atoms with E-state index in [1.54, 1.807) is 0 Å². The predicted molar refractivity (Wildman–Crippen MR) is 22.6 cm³/mol. The van der Waals surface area contributed by atoms with E-state index >= 15 is 0 Å². The van der Waals surface area contributed by atoms with Gasteiger partial charge in [0.2, 0.25) is 0 Å². The lowest BCUT2D eigenvalue weighted by Crippen LogP contribution is -2.24. The number of hydrogen-bond acceptors (Lipinski definition) is 3. The second kappa shape index (κ2) is 2.21. The van der Waals surface area contributed by atoms with Crippen LogP contribution in [0.15, 0.2) is 0 Å². The Hall–Kier alpha value is -1.45. The molecule has 0 heterocycles. The fraction of sp³-hybridized carbons (Fsp3) is 0.500. The van der Waals surface area contributed by atoms with Crippen LogP contribution in [0.5, 0.6) is 0 Å². The van der Waals surface area contributed by atoms with Crippen molar-refractivity contribution >= 4 is 0 Å². The quantitative estimate of drug-likeness (QED) is 0.304. The van der Waals surface area contributed by atoms with Crippen LogP contribution >= 0.6 is 0 Å². The molecular weight excluding hydrogens is 138 g/mol. The Bertz CT molecular complexity index is 180. The maximum atomic E-state index is 11.4. The lowest BCUT2D eigenvalue weighted by atomic mass is 10.7. The summed E-state index contributed by atoms with van der Waals surface area (Å²) in [5, 5.41) is 19.6. The maximum Gasteiger partial charge on any atom is 0.652 e. The standard InChI is InChI=1S/C2F2N2O3/c3-2(4,1-5-7)6(8)9. The highest BCUT2D eigenvalue weighted by Crippen LogP contribution is 2.11.